The van der Waals surface area contributed by atoms with Gasteiger partial charge < -0.3 is 5.11 Å². The van der Waals surface area contributed by atoms with E-state index in [0.29, 0.717) is 22.5 Å². The molecule has 3 rings (SSSR count). The van der Waals surface area contributed by atoms with E-state index in [0.717, 1.165) is 6.26 Å². The van der Waals surface area contributed by atoms with Crippen molar-refractivity contribution in [2.75, 3.05) is 11.0 Å². The summed E-state index contributed by atoms with van der Waals surface area (Å²) in [4.78, 5) is 23.5. The van der Waals surface area contributed by atoms with Gasteiger partial charge in [0.15, 0.2) is 0 Å². The number of amides is 1. The third-order valence-electron chi connectivity index (χ3n) is 4.45. The molecule has 0 saturated carbocycles. The zero-order valence-electron chi connectivity index (χ0n) is 16.1. The van der Waals surface area contributed by atoms with E-state index in [1.54, 1.807) is 30.3 Å². The summed E-state index contributed by atoms with van der Waals surface area (Å²) in [5, 5.41) is 14.4. The van der Waals surface area contributed by atoms with Crippen LogP contribution in [0.1, 0.15) is 36.4 Å². The van der Waals surface area contributed by atoms with Crippen LogP contribution in [0.3, 0.4) is 0 Å². The second kappa shape index (κ2) is 8.62. The lowest BCUT2D eigenvalue weighted by Gasteiger charge is -2.21. The molecule has 1 atom stereocenters. The first-order valence-corrected chi connectivity index (χ1v) is 11.0. The molecular weight excluding hydrogens is 413 g/mol. The monoisotopic (exact) mass is 433 g/mol. The van der Waals surface area contributed by atoms with Gasteiger partial charge in [0.25, 0.3) is 0 Å². The van der Waals surface area contributed by atoms with Crippen molar-refractivity contribution in [1.82, 2.24) is 5.01 Å². The number of carboxylic acids is 1. The van der Waals surface area contributed by atoms with Crippen molar-refractivity contribution < 1.29 is 27.5 Å². The van der Waals surface area contributed by atoms with E-state index in [9.17, 15) is 22.4 Å². The number of sulfonamides is 1. The second-order valence-corrected chi connectivity index (χ2v) is 8.66. The average molecular weight is 433 g/mol. The van der Waals surface area contributed by atoms with Gasteiger partial charge in [-0.05, 0) is 35.4 Å². The Labute approximate surface area is 173 Å². The first kappa shape index (κ1) is 21.4. The average Bonchev–Trinajstić information content (AvgIpc) is 3.10. The minimum absolute atomic E-state index is 0.242. The van der Waals surface area contributed by atoms with Gasteiger partial charge in [-0.15, -0.1) is 0 Å². The van der Waals surface area contributed by atoms with Crippen LogP contribution in [-0.4, -0.2) is 42.4 Å². The molecule has 0 fully saturated rings. The van der Waals surface area contributed by atoms with E-state index in [4.69, 9.17) is 5.11 Å². The van der Waals surface area contributed by atoms with E-state index in [2.05, 4.69) is 9.82 Å². The Hall–Kier alpha value is -3.27. The number of nitrogens with one attached hydrogen (secondary N) is 1. The number of hydrazone groups is 1. The zero-order valence-corrected chi connectivity index (χ0v) is 16.9. The fraction of sp³-hybridized carbons (Fsp3) is 0.250. The summed E-state index contributed by atoms with van der Waals surface area (Å²) in [6.07, 6.45) is 0.720. The van der Waals surface area contributed by atoms with Gasteiger partial charge in [0.1, 0.15) is 5.82 Å². The predicted octanol–water partition coefficient (Wildman–Crippen LogP) is 2.74. The van der Waals surface area contributed by atoms with Crippen LogP contribution in [0, 0.1) is 5.82 Å². The summed E-state index contributed by atoms with van der Waals surface area (Å²) in [6.45, 7) is 0. The number of anilines is 1. The van der Waals surface area contributed by atoms with E-state index in [1.807, 2.05) is 0 Å². The molecule has 30 heavy (non-hydrogen) atoms. The minimum atomic E-state index is -3.47. The number of carbonyl (C=O) groups excluding carboxylic acids is 1. The fourth-order valence-corrected chi connectivity index (χ4v) is 3.75. The molecule has 1 aliphatic rings. The number of hydrogen-bond acceptors (Lipinski definition) is 5. The number of carboxylic acid groups (broad SMARTS) is 1. The van der Waals surface area contributed by atoms with Gasteiger partial charge in [-0.3, -0.25) is 14.3 Å². The molecule has 1 aliphatic heterocycles. The van der Waals surface area contributed by atoms with Crippen LogP contribution in [0.4, 0.5) is 10.1 Å². The Balaban J connectivity index is 1.93. The van der Waals surface area contributed by atoms with E-state index in [-0.39, 0.29) is 19.3 Å². The van der Waals surface area contributed by atoms with Crippen LogP contribution in [0.25, 0.3) is 0 Å². The third kappa shape index (κ3) is 5.41. The highest BCUT2D eigenvalue weighted by Gasteiger charge is 2.33. The number of aliphatic carboxylic acids is 1. The molecular formula is C20H20FN3O5S. The first-order chi connectivity index (χ1) is 14.1. The molecule has 0 aliphatic carbocycles. The molecule has 1 heterocycles. The van der Waals surface area contributed by atoms with Crippen molar-refractivity contribution in [3.63, 3.8) is 0 Å². The Morgan fingerprint density at radius 2 is 1.93 bits per heavy atom. The van der Waals surface area contributed by atoms with E-state index in [1.165, 1.54) is 23.2 Å². The van der Waals surface area contributed by atoms with Crippen molar-refractivity contribution in [1.29, 1.82) is 0 Å². The molecule has 10 heteroatoms. The van der Waals surface area contributed by atoms with Crippen LogP contribution in [-0.2, 0) is 19.6 Å². The van der Waals surface area contributed by atoms with Crippen LogP contribution < -0.4 is 4.72 Å². The Morgan fingerprint density at radius 3 is 2.60 bits per heavy atom. The van der Waals surface area contributed by atoms with Crippen molar-refractivity contribution in [2.24, 2.45) is 5.10 Å². The standard InChI is InChI=1S/C20H20FN3O5S/c1-30(28,29)23-16-7-3-4-13(11-16)17-12-18(14-5-2-6-15(21)10-14)24(22-17)19(25)8-9-20(26)27/h2-7,10-11,18,23H,8-9,12H2,1H3,(H,26,27)/t18-/m1/s1. The smallest absolute Gasteiger partial charge is 0.303 e. The molecule has 8 nitrogen and oxygen atoms in total. The minimum Gasteiger partial charge on any atom is -0.481 e. The third-order valence-corrected chi connectivity index (χ3v) is 5.06. The molecule has 1 amide bonds. The molecule has 0 aromatic heterocycles. The fourth-order valence-electron chi connectivity index (χ4n) is 3.19. The molecule has 2 aromatic rings. The van der Waals surface area contributed by atoms with Gasteiger partial charge >= 0.3 is 5.97 Å². The first-order valence-electron chi connectivity index (χ1n) is 9.07. The van der Waals surface area contributed by atoms with Crippen molar-refractivity contribution in [3.05, 3.63) is 65.5 Å². The maximum absolute atomic E-state index is 13.7. The Kier molecular flexibility index (Phi) is 6.16. The summed E-state index contributed by atoms with van der Waals surface area (Å²) in [7, 11) is -3.47. The van der Waals surface area contributed by atoms with Gasteiger partial charge in [0.2, 0.25) is 15.9 Å². The van der Waals surface area contributed by atoms with Crippen LogP contribution >= 0.6 is 0 Å². The molecule has 0 radical (unpaired) electrons. The largest absolute Gasteiger partial charge is 0.481 e. The number of rotatable bonds is 7. The number of halogens is 1. The molecule has 2 aromatic carbocycles. The maximum atomic E-state index is 13.7. The number of hydrogen-bond donors (Lipinski definition) is 2. The van der Waals surface area contributed by atoms with Gasteiger partial charge in [-0.2, -0.15) is 5.10 Å². The summed E-state index contributed by atoms with van der Waals surface area (Å²) < 4.78 is 39.1. The molecule has 0 unspecified atom stereocenters. The van der Waals surface area contributed by atoms with Crippen LogP contribution in [0.5, 0.6) is 0 Å². The SMILES string of the molecule is CS(=O)(=O)Nc1cccc(C2=NN(C(=O)CCC(=O)O)[C@@H](c3cccc(F)c3)C2)c1. The van der Waals surface area contributed by atoms with Gasteiger partial charge in [-0.1, -0.05) is 24.3 Å². The molecule has 0 saturated heterocycles. The maximum Gasteiger partial charge on any atom is 0.303 e. The quantitative estimate of drug-likeness (QED) is 0.697. The predicted molar refractivity (Wildman–Crippen MR) is 109 cm³/mol. The molecule has 0 spiro atoms. The molecule has 0 bridgehead atoms. The number of nitrogens with zero attached hydrogens (tertiary/aromatic N) is 2. The summed E-state index contributed by atoms with van der Waals surface area (Å²) in [5.41, 5.74) is 1.97. The molecule has 158 valence electrons. The van der Waals surface area contributed by atoms with Crippen molar-refractivity contribution in [2.45, 2.75) is 25.3 Å². The zero-order chi connectivity index (χ0) is 21.9. The van der Waals surface area contributed by atoms with E-state index >= 15 is 0 Å². The van der Waals surface area contributed by atoms with Crippen LogP contribution in [0.2, 0.25) is 0 Å². The highest BCUT2D eigenvalue weighted by atomic mass is 32.2. The number of carbonyl (C=O) groups is 2. The van der Waals surface area contributed by atoms with Gasteiger partial charge in [0, 0.05) is 18.5 Å². The summed E-state index contributed by atoms with van der Waals surface area (Å²) in [5.74, 6) is -2.06. The molecule has 2 N–H and O–H groups in total. The normalized spacial score (nSPS) is 16.3. The lowest BCUT2D eigenvalue weighted by Crippen LogP contribution is -2.27. The topological polar surface area (TPSA) is 116 Å². The lowest BCUT2D eigenvalue weighted by atomic mass is 9.98. The van der Waals surface area contributed by atoms with Crippen molar-refractivity contribution >= 4 is 33.3 Å². The lowest BCUT2D eigenvalue weighted by molar-refractivity contribution is -0.141. The summed E-state index contributed by atoms with van der Waals surface area (Å²) >= 11 is 0. The van der Waals surface area contributed by atoms with Gasteiger partial charge in [-0.25, -0.2) is 17.8 Å². The van der Waals surface area contributed by atoms with Gasteiger partial charge in [0.05, 0.1) is 24.4 Å². The highest BCUT2D eigenvalue weighted by molar-refractivity contribution is 7.92. The Morgan fingerprint density at radius 1 is 1.20 bits per heavy atom. The summed E-state index contributed by atoms with van der Waals surface area (Å²) in [6, 6.07) is 11.7. The van der Waals surface area contributed by atoms with Crippen molar-refractivity contribution in [3.8, 4) is 0 Å². The Bertz CT molecular complexity index is 1120. The number of benzene rings is 2. The van der Waals surface area contributed by atoms with Crippen LogP contribution in [0.15, 0.2) is 53.6 Å². The highest BCUT2D eigenvalue weighted by Crippen LogP contribution is 2.34. The van der Waals surface area contributed by atoms with E-state index < -0.39 is 33.8 Å². The second-order valence-electron chi connectivity index (χ2n) is 6.91.